The largest absolute Gasteiger partial charge is 0.483 e. The second-order valence-electron chi connectivity index (χ2n) is 9.83. The summed E-state index contributed by atoms with van der Waals surface area (Å²) in [6.07, 6.45) is 4.46. The lowest BCUT2D eigenvalue weighted by Gasteiger charge is -2.32. The maximum absolute atomic E-state index is 13.7. The van der Waals surface area contributed by atoms with Gasteiger partial charge >= 0.3 is 0 Å². The molecule has 0 radical (unpaired) electrons. The van der Waals surface area contributed by atoms with Crippen molar-refractivity contribution in [1.29, 1.82) is 0 Å². The molecule has 0 saturated heterocycles. The number of amides is 2. The number of nitrogens with one attached hydrogen (secondary N) is 1. The first kappa shape index (κ1) is 26.4. The predicted octanol–water partition coefficient (Wildman–Crippen LogP) is 5.52. The van der Waals surface area contributed by atoms with E-state index in [1.54, 1.807) is 17.0 Å². The SMILES string of the molecule is Cc1cccc(OCC(=O)N(Cc2ccc(F)cc2)[C@@H](Cc2ccccc2)C(=O)NC2CCCC2)c1C. The summed E-state index contributed by atoms with van der Waals surface area (Å²) in [5.74, 6) is -0.171. The van der Waals surface area contributed by atoms with Crippen LogP contribution in [0.1, 0.15) is 47.9 Å². The molecule has 1 fully saturated rings. The Bertz CT molecular complexity index is 1190. The van der Waals surface area contributed by atoms with Gasteiger partial charge in [0, 0.05) is 19.0 Å². The Morgan fingerprint density at radius 1 is 0.946 bits per heavy atom. The third kappa shape index (κ3) is 7.19. The van der Waals surface area contributed by atoms with Gasteiger partial charge in [-0.15, -0.1) is 0 Å². The summed E-state index contributed by atoms with van der Waals surface area (Å²) in [4.78, 5) is 28.9. The minimum Gasteiger partial charge on any atom is -0.483 e. The maximum Gasteiger partial charge on any atom is 0.261 e. The van der Waals surface area contributed by atoms with Crippen molar-refractivity contribution in [3.63, 3.8) is 0 Å². The molecule has 4 rings (SSSR count). The number of nitrogens with zero attached hydrogens (tertiary/aromatic N) is 1. The first-order valence-electron chi connectivity index (χ1n) is 13.0. The molecule has 0 aromatic heterocycles. The van der Waals surface area contributed by atoms with E-state index in [0.717, 1.165) is 47.9 Å². The minimum absolute atomic E-state index is 0.125. The van der Waals surface area contributed by atoms with E-state index in [1.807, 2.05) is 62.4 Å². The van der Waals surface area contributed by atoms with E-state index in [9.17, 15) is 14.0 Å². The lowest BCUT2D eigenvalue weighted by molar-refractivity contribution is -0.143. The number of hydrogen-bond donors (Lipinski definition) is 1. The summed E-state index contributed by atoms with van der Waals surface area (Å²) in [6, 6.07) is 20.9. The van der Waals surface area contributed by atoms with Crippen LogP contribution in [-0.4, -0.2) is 35.4 Å². The zero-order chi connectivity index (χ0) is 26.2. The van der Waals surface area contributed by atoms with Crippen molar-refractivity contribution >= 4 is 11.8 Å². The van der Waals surface area contributed by atoms with Gasteiger partial charge in [-0.1, -0.05) is 67.4 Å². The summed E-state index contributed by atoms with van der Waals surface area (Å²) >= 11 is 0. The van der Waals surface area contributed by atoms with Crippen LogP contribution in [0.15, 0.2) is 72.8 Å². The van der Waals surface area contributed by atoms with Gasteiger partial charge in [-0.3, -0.25) is 9.59 Å². The summed E-state index contributed by atoms with van der Waals surface area (Å²) in [7, 11) is 0. The average molecular weight is 503 g/mol. The lowest BCUT2D eigenvalue weighted by atomic mass is 10.0. The van der Waals surface area contributed by atoms with Crippen LogP contribution in [-0.2, 0) is 22.6 Å². The van der Waals surface area contributed by atoms with E-state index in [2.05, 4.69) is 5.32 Å². The third-order valence-electron chi connectivity index (χ3n) is 7.14. The van der Waals surface area contributed by atoms with Gasteiger partial charge in [0.05, 0.1) is 0 Å². The Morgan fingerprint density at radius 2 is 1.65 bits per heavy atom. The molecule has 0 aliphatic heterocycles. The number of aryl methyl sites for hydroxylation is 1. The Hall–Kier alpha value is -3.67. The lowest BCUT2D eigenvalue weighted by Crippen LogP contribution is -2.53. The highest BCUT2D eigenvalue weighted by Gasteiger charge is 2.32. The minimum atomic E-state index is -0.734. The van der Waals surface area contributed by atoms with Crippen LogP contribution >= 0.6 is 0 Å². The normalized spacial score (nSPS) is 14.2. The molecule has 0 spiro atoms. The van der Waals surface area contributed by atoms with E-state index in [1.165, 1.54) is 12.1 Å². The van der Waals surface area contributed by atoms with Gasteiger partial charge in [0.2, 0.25) is 5.91 Å². The number of carbonyl (C=O) groups is 2. The van der Waals surface area contributed by atoms with Gasteiger partial charge in [-0.05, 0) is 67.1 Å². The molecule has 6 heteroatoms. The summed E-state index contributed by atoms with van der Waals surface area (Å²) in [5.41, 5.74) is 3.75. The van der Waals surface area contributed by atoms with Crippen molar-refractivity contribution in [2.45, 2.75) is 64.6 Å². The van der Waals surface area contributed by atoms with Crippen LogP contribution in [0.5, 0.6) is 5.75 Å². The second-order valence-corrected chi connectivity index (χ2v) is 9.83. The number of rotatable bonds is 10. The zero-order valence-electron chi connectivity index (χ0n) is 21.6. The molecule has 0 unspecified atom stereocenters. The topological polar surface area (TPSA) is 58.6 Å². The van der Waals surface area contributed by atoms with Crippen molar-refractivity contribution in [2.24, 2.45) is 0 Å². The molecule has 1 atom stereocenters. The van der Waals surface area contributed by atoms with Crippen LogP contribution in [0.2, 0.25) is 0 Å². The van der Waals surface area contributed by atoms with E-state index in [4.69, 9.17) is 4.74 Å². The van der Waals surface area contributed by atoms with Gasteiger partial charge in [0.15, 0.2) is 6.61 Å². The van der Waals surface area contributed by atoms with E-state index < -0.39 is 6.04 Å². The summed E-state index contributed by atoms with van der Waals surface area (Å²) in [5, 5.41) is 3.19. The Kier molecular flexibility index (Phi) is 8.94. The van der Waals surface area contributed by atoms with Gasteiger partial charge in [-0.25, -0.2) is 4.39 Å². The molecule has 1 N–H and O–H groups in total. The predicted molar refractivity (Wildman–Crippen MR) is 143 cm³/mol. The van der Waals surface area contributed by atoms with Gasteiger partial charge in [-0.2, -0.15) is 0 Å². The van der Waals surface area contributed by atoms with Crippen LogP contribution in [0.3, 0.4) is 0 Å². The molecule has 1 saturated carbocycles. The zero-order valence-corrected chi connectivity index (χ0v) is 21.6. The van der Waals surface area contributed by atoms with Crippen molar-refractivity contribution in [3.05, 3.63) is 101 Å². The molecular weight excluding hydrogens is 467 g/mol. The molecule has 2 amide bonds. The fourth-order valence-electron chi connectivity index (χ4n) is 4.81. The number of benzene rings is 3. The quantitative estimate of drug-likeness (QED) is 0.397. The smallest absolute Gasteiger partial charge is 0.261 e. The van der Waals surface area contributed by atoms with Crippen LogP contribution in [0, 0.1) is 19.7 Å². The molecule has 1 aliphatic rings. The highest BCUT2D eigenvalue weighted by Crippen LogP contribution is 2.22. The van der Waals surface area contributed by atoms with E-state index in [0.29, 0.717) is 12.2 Å². The molecular formula is C31H35FN2O3. The highest BCUT2D eigenvalue weighted by molar-refractivity contribution is 5.88. The monoisotopic (exact) mass is 502 g/mol. The third-order valence-corrected chi connectivity index (χ3v) is 7.14. The standard InChI is InChI=1S/C31H35FN2O3/c1-22-9-8-14-29(23(22)2)37-21-30(35)34(20-25-15-17-26(32)18-16-25)28(19-24-10-4-3-5-11-24)31(36)33-27-12-6-7-13-27/h3-5,8-11,14-18,27-28H,6-7,12-13,19-21H2,1-2H3,(H,33,36)/t28-/m0/s1. The molecule has 3 aromatic carbocycles. The van der Waals surface area contributed by atoms with Gasteiger partial charge in [0.25, 0.3) is 5.91 Å². The first-order valence-corrected chi connectivity index (χ1v) is 13.0. The Morgan fingerprint density at radius 3 is 2.35 bits per heavy atom. The van der Waals surface area contributed by atoms with Crippen molar-refractivity contribution in [3.8, 4) is 5.75 Å². The van der Waals surface area contributed by atoms with Crippen LogP contribution in [0.25, 0.3) is 0 Å². The first-order chi connectivity index (χ1) is 17.9. The molecule has 0 bridgehead atoms. The number of ether oxygens (including phenoxy) is 1. The summed E-state index contributed by atoms with van der Waals surface area (Å²) < 4.78 is 19.5. The molecule has 3 aromatic rings. The van der Waals surface area contributed by atoms with Crippen molar-refractivity contribution < 1.29 is 18.7 Å². The Balaban J connectivity index is 1.62. The summed E-state index contributed by atoms with van der Waals surface area (Å²) in [6.45, 7) is 3.92. The second kappa shape index (κ2) is 12.5. The van der Waals surface area contributed by atoms with Gasteiger partial charge in [0.1, 0.15) is 17.6 Å². The molecule has 1 aliphatic carbocycles. The van der Waals surface area contributed by atoms with Crippen LogP contribution < -0.4 is 10.1 Å². The van der Waals surface area contributed by atoms with E-state index in [-0.39, 0.29) is 36.8 Å². The van der Waals surface area contributed by atoms with E-state index >= 15 is 0 Å². The molecule has 0 heterocycles. The van der Waals surface area contributed by atoms with Gasteiger partial charge < -0.3 is 15.0 Å². The fourth-order valence-corrected chi connectivity index (χ4v) is 4.81. The number of halogens is 1. The maximum atomic E-state index is 13.7. The average Bonchev–Trinajstić information content (AvgIpc) is 3.41. The van der Waals surface area contributed by atoms with Crippen LogP contribution in [0.4, 0.5) is 4.39 Å². The molecule has 194 valence electrons. The molecule has 37 heavy (non-hydrogen) atoms. The highest BCUT2D eigenvalue weighted by atomic mass is 19.1. The van der Waals surface area contributed by atoms with Crippen molar-refractivity contribution in [2.75, 3.05) is 6.61 Å². The molecule has 5 nitrogen and oxygen atoms in total. The Labute approximate surface area is 218 Å². The number of hydrogen-bond acceptors (Lipinski definition) is 3. The van der Waals surface area contributed by atoms with Crippen molar-refractivity contribution in [1.82, 2.24) is 10.2 Å². The number of carbonyl (C=O) groups excluding carboxylic acids is 2. The fraction of sp³-hybridized carbons (Fsp3) is 0.355.